The number of ether oxygens (including phenoxy) is 3. The van der Waals surface area contributed by atoms with E-state index in [1.165, 1.54) is 0 Å². The molecule has 0 bridgehead atoms. The molecule has 4 rings (SSSR count). The molecule has 1 aliphatic rings. The summed E-state index contributed by atoms with van der Waals surface area (Å²) in [5.41, 5.74) is 3.76. The fourth-order valence-corrected chi connectivity index (χ4v) is 5.56. The van der Waals surface area contributed by atoms with Crippen LogP contribution in [0.2, 0.25) is 0 Å². The lowest BCUT2D eigenvalue weighted by molar-refractivity contribution is -0.0534. The van der Waals surface area contributed by atoms with E-state index in [-0.39, 0.29) is 24.3 Å². The molecule has 36 heavy (non-hydrogen) atoms. The molecule has 0 radical (unpaired) electrons. The molecule has 0 unspecified atom stereocenters. The Morgan fingerprint density at radius 1 is 1.11 bits per heavy atom. The molecule has 3 heterocycles. The van der Waals surface area contributed by atoms with Crippen LogP contribution < -0.4 is 0 Å². The van der Waals surface area contributed by atoms with E-state index in [4.69, 9.17) is 14.2 Å². The van der Waals surface area contributed by atoms with Crippen molar-refractivity contribution in [3.8, 4) is 11.4 Å². The van der Waals surface area contributed by atoms with Crippen molar-refractivity contribution in [1.82, 2.24) is 24.7 Å². The van der Waals surface area contributed by atoms with Crippen molar-refractivity contribution in [2.75, 3.05) is 13.7 Å². The third-order valence-corrected chi connectivity index (χ3v) is 8.14. The SMILES string of the molecule is COC[C@@H]1OCc2ccc(C)cc2-c2nnc(CS(=O)(=O)[C@@H](C)[C@@H](OC(C)C)c3ncc(C)cn3)n21. The number of methoxy groups -OCH3 is 1. The van der Waals surface area contributed by atoms with Crippen LogP contribution in [0.5, 0.6) is 0 Å². The van der Waals surface area contributed by atoms with Gasteiger partial charge in [0.2, 0.25) is 0 Å². The van der Waals surface area contributed by atoms with Crippen molar-refractivity contribution in [3.05, 3.63) is 58.9 Å². The van der Waals surface area contributed by atoms with Crippen molar-refractivity contribution < 1.29 is 22.6 Å². The Morgan fingerprint density at radius 2 is 1.83 bits per heavy atom. The molecule has 2 aromatic heterocycles. The van der Waals surface area contributed by atoms with Gasteiger partial charge in [-0.25, -0.2) is 18.4 Å². The summed E-state index contributed by atoms with van der Waals surface area (Å²) in [4.78, 5) is 8.69. The number of nitrogens with zero attached hydrogens (tertiary/aromatic N) is 5. The summed E-state index contributed by atoms with van der Waals surface area (Å²) in [5, 5.41) is 7.76. The van der Waals surface area contributed by atoms with Crippen LogP contribution in [0.1, 0.15) is 61.4 Å². The van der Waals surface area contributed by atoms with E-state index in [9.17, 15) is 8.42 Å². The monoisotopic (exact) mass is 515 g/mol. The lowest BCUT2D eigenvalue weighted by Gasteiger charge is -2.25. The first-order valence-electron chi connectivity index (χ1n) is 11.9. The fraction of sp³-hybridized carbons (Fsp3) is 0.520. The molecule has 1 aromatic carbocycles. The first-order valence-corrected chi connectivity index (χ1v) is 13.6. The van der Waals surface area contributed by atoms with Gasteiger partial charge in [-0.15, -0.1) is 10.2 Å². The number of hydrogen-bond donors (Lipinski definition) is 0. The third kappa shape index (κ3) is 5.49. The van der Waals surface area contributed by atoms with Crippen molar-refractivity contribution >= 4 is 9.84 Å². The van der Waals surface area contributed by atoms with Crippen LogP contribution >= 0.6 is 0 Å². The van der Waals surface area contributed by atoms with Gasteiger partial charge in [0.05, 0.1) is 24.6 Å². The molecule has 0 aliphatic carbocycles. The molecule has 0 saturated carbocycles. The third-order valence-electron chi connectivity index (χ3n) is 6.10. The lowest BCUT2D eigenvalue weighted by Crippen LogP contribution is -2.32. The minimum absolute atomic E-state index is 0.219. The van der Waals surface area contributed by atoms with E-state index in [0.717, 1.165) is 22.3 Å². The highest BCUT2D eigenvalue weighted by Crippen LogP contribution is 2.34. The number of aryl methyl sites for hydroxylation is 2. The van der Waals surface area contributed by atoms with Gasteiger partial charge in [0.1, 0.15) is 11.9 Å². The molecule has 10 nitrogen and oxygen atoms in total. The molecule has 194 valence electrons. The molecular weight excluding hydrogens is 482 g/mol. The first-order chi connectivity index (χ1) is 17.1. The van der Waals surface area contributed by atoms with E-state index >= 15 is 0 Å². The van der Waals surface area contributed by atoms with Crippen molar-refractivity contribution in [2.24, 2.45) is 0 Å². The topological polar surface area (TPSA) is 118 Å². The van der Waals surface area contributed by atoms with Crippen molar-refractivity contribution in [1.29, 1.82) is 0 Å². The Morgan fingerprint density at radius 3 is 2.50 bits per heavy atom. The molecule has 0 fully saturated rings. The van der Waals surface area contributed by atoms with Crippen LogP contribution in [-0.4, -0.2) is 58.2 Å². The fourth-order valence-electron chi connectivity index (χ4n) is 4.18. The normalized spacial score (nSPS) is 17.4. The van der Waals surface area contributed by atoms with Gasteiger partial charge in [0.15, 0.2) is 33.5 Å². The Bertz CT molecular complexity index is 1310. The highest BCUT2D eigenvalue weighted by atomic mass is 32.2. The number of hydrogen-bond acceptors (Lipinski definition) is 9. The maximum atomic E-state index is 13.7. The summed E-state index contributed by atoms with van der Waals surface area (Å²) in [6.45, 7) is 9.76. The van der Waals surface area contributed by atoms with Crippen LogP contribution in [0.25, 0.3) is 11.4 Å². The molecule has 0 saturated heterocycles. The molecular formula is C25H33N5O5S. The van der Waals surface area contributed by atoms with E-state index in [1.807, 2.05) is 45.9 Å². The highest BCUT2D eigenvalue weighted by Gasteiger charge is 2.37. The van der Waals surface area contributed by atoms with Crippen LogP contribution in [0, 0.1) is 13.8 Å². The highest BCUT2D eigenvalue weighted by molar-refractivity contribution is 7.91. The number of fused-ring (bicyclic) bond motifs is 3. The van der Waals surface area contributed by atoms with Crippen molar-refractivity contribution in [3.63, 3.8) is 0 Å². The predicted molar refractivity (Wildman–Crippen MR) is 134 cm³/mol. The van der Waals surface area contributed by atoms with E-state index in [1.54, 1.807) is 31.0 Å². The maximum Gasteiger partial charge on any atom is 0.166 e. The zero-order chi connectivity index (χ0) is 26.0. The van der Waals surface area contributed by atoms with Gasteiger partial charge in [-0.2, -0.15) is 0 Å². The number of benzene rings is 1. The van der Waals surface area contributed by atoms with E-state index < -0.39 is 27.4 Å². The van der Waals surface area contributed by atoms with Gasteiger partial charge in [0, 0.05) is 25.1 Å². The van der Waals surface area contributed by atoms with E-state index in [2.05, 4.69) is 20.2 Å². The summed E-state index contributed by atoms with van der Waals surface area (Å²) < 4.78 is 46.6. The van der Waals surface area contributed by atoms with Gasteiger partial charge in [-0.05, 0) is 51.8 Å². The number of sulfone groups is 1. The molecule has 0 amide bonds. The van der Waals surface area contributed by atoms with Gasteiger partial charge >= 0.3 is 0 Å². The predicted octanol–water partition coefficient (Wildman–Crippen LogP) is 3.50. The Balaban J connectivity index is 1.72. The van der Waals surface area contributed by atoms with Gasteiger partial charge in [-0.1, -0.05) is 17.7 Å². The smallest absolute Gasteiger partial charge is 0.166 e. The maximum absolute atomic E-state index is 13.7. The standard InChI is InChI=1S/C25H33N5O5S/c1-15(2)35-23(24-26-10-17(4)11-27-24)18(5)36(31,32)14-21-28-29-25-20-9-16(3)7-8-19(20)12-34-22(13-33-6)30(21)25/h7-11,15,18,22-23H,12-14H2,1-6H3/t18-,22-,23+/m0/s1. The molecule has 1 aliphatic heterocycles. The minimum Gasteiger partial charge on any atom is -0.380 e. The quantitative estimate of drug-likeness (QED) is 0.422. The molecule has 3 atom stereocenters. The minimum atomic E-state index is -3.78. The zero-order valence-corrected chi connectivity index (χ0v) is 22.3. The first kappa shape index (κ1) is 26.3. The zero-order valence-electron chi connectivity index (χ0n) is 21.5. The molecule has 0 spiro atoms. The van der Waals surface area contributed by atoms with E-state index in [0.29, 0.717) is 18.3 Å². The second kappa shape index (κ2) is 10.7. The number of rotatable bonds is 9. The largest absolute Gasteiger partial charge is 0.380 e. The Labute approximate surface area is 212 Å². The summed E-state index contributed by atoms with van der Waals surface area (Å²) in [6.07, 6.45) is 1.68. The van der Waals surface area contributed by atoms with Crippen LogP contribution in [-0.2, 0) is 36.4 Å². The van der Waals surface area contributed by atoms with Gasteiger partial charge < -0.3 is 14.2 Å². The average molecular weight is 516 g/mol. The van der Waals surface area contributed by atoms with Crippen LogP contribution in [0.3, 0.4) is 0 Å². The molecule has 11 heteroatoms. The summed E-state index contributed by atoms with van der Waals surface area (Å²) in [6, 6.07) is 6.01. The summed E-state index contributed by atoms with van der Waals surface area (Å²) >= 11 is 0. The average Bonchev–Trinajstić information content (AvgIpc) is 3.16. The van der Waals surface area contributed by atoms with Crippen LogP contribution in [0.4, 0.5) is 0 Å². The lowest BCUT2D eigenvalue weighted by atomic mass is 10.0. The van der Waals surface area contributed by atoms with Gasteiger partial charge in [0.25, 0.3) is 0 Å². The molecule has 3 aromatic rings. The summed E-state index contributed by atoms with van der Waals surface area (Å²) in [5.74, 6) is 0.815. The second-order valence-corrected chi connectivity index (χ2v) is 11.8. The van der Waals surface area contributed by atoms with Crippen molar-refractivity contribution in [2.45, 2.75) is 70.7 Å². The Kier molecular flexibility index (Phi) is 7.84. The number of aromatic nitrogens is 5. The second-order valence-electron chi connectivity index (χ2n) is 9.43. The summed E-state index contributed by atoms with van der Waals surface area (Å²) in [7, 11) is -2.21. The van der Waals surface area contributed by atoms with Crippen LogP contribution in [0.15, 0.2) is 30.6 Å². The van der Waals surface area contributed by atoms with Gasteiger partial charge in [-0.3, -0.25) is 4.57 Å². The Hall–Kier alpha value is -2.73. The molecule has 0 N–H and O–H groups in total.